The van der Waals surface area contributed by atoms with Crippen molar-refractivity contribution in [2.75, 3.05) is 0 Å². The maximum absolute atomic E-state index is 12.7. The van der Waals surface area contributed by atoms with Gasteiger partial charge in [0, 0.05) is 12.3 Å². The van der Waals surface area contributed by atoms with Crippen molar-refractivity contribution in [3.8, 4) is 0 Å². The number of amides is 1. The molecule has 1 aromatic carbocycles. The second kappa shape index (κ2) is 6.46. The first-order valence-electron chi connectivity index (χ1n) is 6.46. The van der Waals surface area contributed by atoms with E-state index < -0.39 is 30.1 Å². The Bertz CT molecular complexity index is 675. The van der Waals surface area contributed by atoms with Crippen molar-refractivity contribution in [3.05, 3.63) is 70.1 Å². The highest BCUT2D eigenvalue weighted by Crippen LogP contribution is 2.29. The minimum atomic E-state index is -4.42. The van der Waals surface area contributed by atoms with Crippen LogP contribution in [0.25, 0.3) is 0 Å². The fourth-order valence-electron chi connectivity index (χ4n) is 1.96. The molecule has 1 heterocycles. The quantitative estimate of drug-likeness (QED) is 0.912. The van der Waals surface area contributed by atoms with E-state index >= 15 is 0 Å². The molecule has 1 aromatic heterocycles. The molecule has 2 N–H and O–H groups in total. The van der Waals surface area contributed by atoms with Gasteiger partial charge in [0.05, 0.1) is 18.0 Å². The SMILES string of the molecule is O=C(N[C@@H](CC(F)(F)F)c1ccccc1)c1ccc(=O)[nH]c1. The van der Waals surface area contributed by atoms with Gasteiger partial charge in [-0.05, 0) is 11.6 Å². The molecule has 0 aliphatic rings. The molecule has 0 spiro atoms. The number of aromatic nitrogens is 1. The molecule has 0 saturated carbocycles. The van der Waals surface area contributed by atoms with E-state index in [1.54, 1.807) is 18.2 Å². The first kappa shape index (κ1) is 15.8. The van der Waals surface area contributed by atoms with E-state index in [9.17, 15) is 22.8 Å². The number of carbonyl (C=O) groups is 1. The molecule has 4 nitrogen and oxygen atoms in total. The van der Waals surface area contributed by atoms with E-state index in [0.717, 1.165) is 12.3 Å². The van der Waals surface area contributed by atoms with Crippen LogP contribution in [0.1, 0.15) is 28.4 Å². The Hall–Kier alpha value is -2.57. The van der Waals surface area contributed by atoms with E-state index in [1.807, 2.05) is 0 Å². The van der Waals surface area contributed by atoms with Gasteiger partial charge in [-0.1, -0.05) is 30.3 Å². The summed E-state index contributed by atoms with van der Waals surface area (Å²) in [5, 5.41) is 2.34. The number of alkyl halides is 3. The summed E-state index contributed by atoms with van der Waals surface area (Å²) in [7, 11) is 0. The van der Waals surface area contributed by atoms with Crippen molar-refractivity contribution < 1.29 is 18.0 Å². The summed E-state index contributed by atoms with van der Waals surface area (Å²) in [4.78, 5) is 25.3. The fourth-order valence-corrected chi connectivity index (χ4v) is 1.96. The number of aromatic amines is 1. The minimum absolute atomic E-state index is 0.0858. The molecule has 2 rings (SSSR count). The van der Waals surface area contributed by atoms with E-state index in [4.69, 9.17) is 0 Å². The summed E-state index contributed by atoms with van der Waals surface area (Å²) in [5.41, 5.74) is 0.0479. The average Bonchev–Trinajstić information content (AvgIpc) is 2.47. The summed E-state index contributed by atoms with van der Waals surface area (Å²) < 4.78 is 38.1. The van der Waals surface area contributed by atoms with Crippen LogP contribution in [0.15, 0.2) is 53.5 Å². The molecular formula is C15H13F3N2O2. The van der Waals surface area contributed by atoms with Crippen molar-refractivity contribution in [2.45, 2.75) is 18.6 Å². The lowest BCUT2D eigenvalue weighted by Gasteiger charge is -2.20. The number of H-pyrrole nitrogens is 1. The number of carbonyl (C=O) groups excluding carboxylic acids is 1. The lowest BCUT2D eigenvalue weighted by atomic mass is 10.0. The lowest BCUT2D eigenvalue weighted by Crippen LogP contribution is -2.32. The van der Waals surface area contributed by atoms with Gasteiger partial charge in [-0.2, -0.15) is 13.2 Å². The Morgan fingerprint density at radius 3 is 2.36 bits per heavy atom. The van der Waals surface area contributed by atoms with Gasteiger partial charge in [0.25, 0.3) is 5.91 Å². The monoisotopic (exact) mass is 310 g/mol. The highest BCUT2D eigenvalue weighted by molar-refractivity contribution is 5.94. The van der Waals surface area contributed by atoms with Gasteiger partial charge >= 0.3 is 6.18 Å². The molecule has 0 aliphatic heterocycles. The van der Waals surface area contributed by atoms with Gasteiger partial charge < -0.3 is 10.3 Å². The van der Waals surface area contributed by atoms with Crippen LogP contribution in [0.4, 0.5) is 13.2 Å². The van der Waals surface area contributed by atoms with Crippen molar-refractivity contribution in [1.29, 1.82) is 0 Å². The highest BCUT2D eigenvalue weighted by Gasteiger charge is 2.33. The molecular weight excluding hydrogens is 297 g/mol. The van der Waals surface area contributed by atoms with Crippen LogP contribution in [0, 0.1) is 0 Å². The standard InChI is InChI=1S/C15H13F3N2O2/c16-15(17,18)8-12(10-4-2-1-3-5-10)20-14(22)11-6-7-13(21)19-9-11/h1-7,9,12H,8H2,(H,19,21)(H,20,22)/t12-/m0/s1. The van der Waals surface area contributed by atoms with Crippen LogP contribution in [0.2, 0.25) is 0 Å². The smallest absolute Gasteiger partial charge is 0.345 e. The molecule has 0 unspecified atom stereocenters. The third-order valence-corrected chi connectivity index (χ3v) is 2.99. The number of pyridine rings is 1. The van der Waals surface area contributed by atoms with Gasteiger partial charge in [-0.25, -0.2) is 0 Å². The summed E-state index contributed by atoms with van der Waals surface area (Å²) in [6, 6.07) is 9.11. The van der Waals surface area contributed by atoms with Crippen LogP contribution in [0.5, 0.6) is 0 Å². The number of nitrogens with one attached hydrogen (secondary N) is 2. The van der Waals surface area contributed by atoms with Crippen molar-refractivity contribution >= 4 is 5.91 Å². The van der Waals surface area contributed by atoms with Gasteiger partial charge in [0.15, 0.2) is 0 Å². The molecule has 0 saturated heterocycles. The molecule has 1 amide bonds. The molecule has 0 fully saturated rings. The van der Waals surface area contributed by atoms with Gasteiger partial charge in [-0.15, -0.1) is 0 Å². The number of hydrogen-bond donors (Lipinski definition) is 2. The molecule has 116 valence electrons. The molecule has 22 heavy (non-hydrogen) atoms. The van der Waals surface area contributed by atoms with Crippen LogP contribution < -0.4 is 10.9 Å². The average molecular weight is 310 g/mol. The third kappa shape index (κ3) is 4.47. The molecule has 7 heteroatoms. The van der Waals surface area contributed by atoms with Crippen molar-refractivity contribution in [2.24, 2.45) is 0 Å². The molecule has 0 bridgehead atoms. The second-order valence-electron chi connectivity index (χ2n) is 4.70. The lowest BCUT2D eigenvalue weighted by molar-refractivity contribution is -0.139. The van der Waals surface area contributed by atoms with Crippen LogP contribution >= 0.6 is 0 Å². The van der Waals surface area contributed by atoms with E-state index in [0.29, 0.717) is 5.56 Å². The Morgan fingerprint density at radius 1 is 1.14 bits per heavy atom. The van der Waals surface area contributed by atoms with E-state index in [1.165, 1.54) is 18.2 Å². The van der Waals surface area contributed by atoms with Gasteiger partial charge in [-0.3, -0.25) is 9.59 Å². The van der Waals surface area contributed by atoms with Crippen molar-refractivity contribution in [1.82, 2.24) is 10.3 Å². The Kier molecular flexibility index (Phi) is 4.65. The van der Waals surface area contributed by atoms with E-state index in [2.05, 4.69) is 10.3 Å². The topological polar surface area (TPSA) is 62.0 Å². The Labute approximate surface area is 124 Å². The summed E-state index contributed by atoms with van der Waals surface area (Å²) in [6.45, 7) is 0. The number of rotatable bonds is 4. The summed E-state index contributed by atoms with van der Waals surface area (Å²) >= 11 is 0. The largest absolute Gasteiger partial charge is 0.391 e. The van der Waals surface area contributed by atoms with Crippen LogP contribution in [0.3, 0.4) is 0 Å². The maximum atomic E-state index is 12.7. The van der Waals surface area contributed by atoms with Crippen LogP contribution in [-0.4, -0.2) is 17.1 Å². The first-order chi connectivity index (χ1) is 10.3. The second-order valence-corrected chi connectivity index (χ2v) is 4.70. The number of benzene rings is 1. The Morgan fingerprint density at radius 2 is 1.82 bits per heavy atom. The fraction of sp³-hybridized carbons (Fsp3) is 0.200. The highest BCUT2D eigenvalue weighted by atomic mass is 19.4. The minimum Gasteiger partial charge on any atom is -0.345 e. The zero-order valence-corrected chi connectivity index (χ0v) is 11.4. The predicted octanol–water partition coefficient (Wildman–Crippen LogP) is 2.80. The molecule has 0 radical (unpaired) electrons. The molecule has 2 aromatic rings. The zero-order chi connectivity index (χ0) is 16.2. The van der Waals surface area contributed by atoms with Gasteiger partial charge in [0.2, 0.25) is 5.56 Å². The first-order valence-corrected chi connectivity index (χ1v) is 6.46. The molecule has 1 atom stereocenters. The van der Waals surface area contributed by atoms with Gasteiger partial charge in [0.1, 0.15) is 0 Å². The summed E-state index contributed by atoms with van der Waals surface area (Å²) in [5.74, 6) is -0.686. The molecule has 0 aliphatic carbocycles. The van der Waals surface area contributed by atoms with Crippen molar-refractivity contribution in [3.63, 3.8) is 0 Å². The predicted molar refractivity (Wildman–Crippen MR) is 74.4 cm³/mol. The maximum Gasteiger partial charge on any atom is 0.391 e. The number of halogens is 3. The normalized spacial score (nSPS) is 12.7. The van der Waals surface area contributed by atoms with E-state index in [-0.39, 0.29) is 5.56 Å². The third-order valence-electron chi connectivity index (χ3n) is 2.99. The number of hydrogen-bond acceptors (Lipinski definition) is 2. The Balaban J connectivity index is 2.21. The van der Waals surface area contributed by atoms with Crippen LogP contribution in [-0.2, 0) is 0 Å². The summed E-state index contributed by atoms with van der Waals surface area (Å²) in [6.07, 6.45) is -4.43. The zero-order valence-electron chi connectivity index (χ0n) is 11.4.